The van der Waals surface area contributed by atoms with E-state index >= 15 is 0 Å². The summed E-state index contributed by atoms with van der Waals surface area (Å²) in [4.78, 5) is 36.3. The van der Waals surface area contributed by atoms with Crippen molar-refractivity contribution in [2.45, 2.75) is 45.1 Å². The Hall–Kier alpha value is -4.14. The zero-order valence-electron chi connectivity index (χ0n) is 20.9. The molecule has 0 radical (unpaired) electrons. The fourth-order valence-corrected chi connectivity index (χ4v) is 4.99. The fourth-order valence-electron chi connectivity index (χ4n) is 4.99. The highest BCUT2D eigenvalue weighted by molar-refractivity contribution is 5.91. The molecule has 0 spiro atoms. The van der Waals surface area contributed by atoms with E-state index in [1.54, 1.807) is 6.20 Å². The van der Waals surface area contributed by atoms with Crippen molar-refractivity contribution in [3.63, 3.8) is 0 Å². The van der Waals surface area contributed by atoms with Crippen LogP contribution >= 0.6 is 0 Å². The van der Waals surface area contributed by atoms with Gasteiger partial charge in [0.05, 0.1) is 0 Å². The Kier molecular flexibility index (Phi) is 6.12. The summed E-state index contributed by atoms with van der Waals surface area (Å²) in [5, 5.41) is 12.8. The lowest BCUT2D eigenvalue weighted by Crippen LogP contribution is -2.41. The number of hydrogen-bond donors (Lipinski definition) is 4. The fraction of sp³-hybridized carbons (Fsp3) is 0.357. The highest BCUT2D eigenvalue weighted by Crippen LogP contribution is 2.32. The van der Waals surface area contributed by atoms with Crippen LogP contribution in [0.2, 0.25) is 0 Å². The third-order valence-electron chi connectivity index (χ3n) is 7.22. The van der Waals surface area contributed by atoms with Gasteiger partial charge in [-0.3, -0.25) is 4.79 Å². The molecular weight excluding hydrogens is 466 g/mol. The number of anilines is 5. The summed E-state index contributed by atoms with van der Waals surface area (Å²) in [6.07, 6.45) is 6.15. The molecule has 6 bridgehead atoms. The minimum absolute atomic E-state index is 0.0288. The van der Waals surface area contributed by atoms with Crippen LogP contribution in [-0.4, -0.2) is 45.9 Å². The van der Waals surface area contributed by atoms with Crippen molar-refractivity contribution in [1.29, 1.82) is 0 Å². The van der Waals surface area contributed by atoms with Crippen LogP contribution in [0.3, 0.4) is 0 Å². The number of nitrogens with zero attached hydrogens (tertiary/aromatic N) is 3. The van der Waals surface area contributed by atoms with Gasteiger partial charge in [-0.15, -0.1) is 0 Å². The number of nitrogens with one attached hydrogen (secondary N) is 4. The van der Waals surface area contributed by atoms with Gasteiger partial charge < -0.3 is 26.2 Å². The van der Waals surface area contributed by atoms with Gasteiger partial charge in [0.1, 0.15) is 5.82 Å². The first-order chi connectivity index (χ1) is 18.0. The van der Waals surface area contributed by atoms with E-state index in [1.807, 2.05) is 36.1 Å². The molecule has 37 heavy (non-hydrogen) atoms. The Morgan fingerprint density at radius 3 is 2.76 bits per heavy atom. The van der Waals surface area contributed by atoms with E-state index in [0.717, 1.165) is 66.1 Å². The van der Waals surface area contributed by atoms with Gasteiger partial charge in [-0.1, -0.05) is 12.1 Å². The molecule has 1 saturated carbocycles. The maximum Gasteiger partial charge on any atom is 0.319 e. The normalized spacial score (nSPS) is 18.4. The number of rotatable bonds is 3. The van der Waals surface area contributed by atoms with E-state index in [1.165, 1.54) is 5.56 Å². The van der Waals surface area contributed by atoms with Crippen LogP contribution in [0.1, 0.15) is 36.0 Å². The van der Waals surface area contributed by atoms with E-state index in [-0.39, 0.29) is 23.9 Å². The minimum Gasteiger partial charge on any atom is -0.340 e. The highest BCUT2D eigenvalue weighted by Gasteiger charge is 2.36. The Bertz CT molecular complexity index is 1350. The summed E-state index contributed by atoms with van der Waals surface area (Å²) in [6, 6.07) is 13.9. The molecule has 2 aromatic carbocycles. The SMILES string of the molecule is Cc1cnc2nc1Nc1ccc(NC(=O)N[C@H]3CCN(C(=O)C4CC4)C3)c(c1)CCc1cccc(c1)N2. The van der Waals surface area contributed by atoms with E-state index < -0.39 is 0 Å². The summed E-state index contributed by atoms with van der Waals surface area (Å²) < 4.78 is 0. The number of urea groups is 1. The van der Waals surface area contributed by atoms with Crippen LogP contribution in [0.25, 0.3) is 0 Å². The van der Waals surface area contributed by atoms with Gasteiger partial charge in [-0.2, -0.15) is 4.98 Å². The molecule has 1 atom stereocenters. The molecule has 9 heteroatoms. The first-order valence-electron chi connectivity index (χ1n) is 13.0. The van der Waals surface area contributed by atoms with Gasteiger partial charge in [0, 0.05) is 53.9 Å². The summed E-state index contributed by atoms with van der Waals surface area (Å²) in [7, 11) is 0. The molecule has 3 aromatic rings. The molecule has 2 aliphatic heterocycles. The highest BCUT2D eigenvalue weighted by atomic mass is 16.2. The lowest BCUT2D eigenvalue weighted by Gasteiger charge is -2.18. The number of fused-ring (bicyclic) bond motifs is 6. The van der Waals surface area contributed by atoms with Crippen molar-refractivity contribution < 1.29 is 9.59 Å². The minimum atomic E-state index is -0.243. The predicted molar refractivity (Wildman–Crippen MR) is 143 cm³/mol. The van der Waals surface area contributed by atoms with Crippen LogP contribution < -0.4 is 21.3 Å². The summed E-state index contributed by atoms with van der Waals surface area (Å²) >= 11 is 0. The summed E-state index contributed by atoms with van der Waals surface area (Å²) in [5.74, 6) is 1.71. The summed E-state index contributed by atoms with van der Waals surface area (Å²) in [5.41, 5.74) is 5.74. The van der Waals surface area contributed by atoms with E-state index in [9.17, 15) is 9.59 Å². The van der Waals surface area contributed by atoms with Gasteiger partial charge >= 0.3 is 6.03 Å². The van der Waals surface area contributed by atoms with E-state index in [0.29, 0.717) is 19.0 Å². The van der Waals surface area contributed by atoms with Crippen molar-refractivity contribution in [2.75, 3.05) is 29.0 Å². The maximum atomic E-state index is 12.9. The summed E-state index contributed by atoms with van der Waals surface area (Å²) in [6.45, 7) is 3.27. The number of aromatic nitrogens is 2. The Morgan fingerprint density at radius 2 is 1.89 bits per heavy atom. The first-order valence-corrected chi connectivity index (χ1v) is 13.0. The molecule has 9 nitrogen and oxygen atoms in total. The Labute approximate surface area is 216 Å². The monoisotopic (exact) mass is 497 g/mol. The molecular formula is C28H31N7O2. The van der Waals surface area contributed by atoms with Crippen LogP contribution in [0.5, 0.6) is 0 Å². The van der Waals surface area contributed by atoms with Crippen molar-refractivity contribution in [3.05, 3.63) is 65.4 Å². The molecule has 190 valence electrons. The van der Waals surface area contributed by atoms with Crippen LogP contribution in [0.15, 0.2) is 48.7 Å². The van der Waals surface area contributed by atoms with Crippen LogP contribution in [0.4, 0.5) is 33.6 Å². The molecule has 1 aromatic heterocycles. The van der Waals surface area contributed by atoms with Gasteiger partial charge in [0.15, 0.2) is 0 Å². The zero-order valence-corrected chi connectivity index (χ0v) is 20.9. The molecule has 1 aliphatic carbocycles. The van der Waals surface area contributed by atoms with Gasteiger partial charge in [-0.05, 0) is 80.5 Å². The third kappa shape index (κ3) is 5.35. The van der Waals surface area contributed by atoms with Crippen molar-refractivity contribution in [2.24, 2.45) is 5.92 Å². The second-order valence-corrected chi connectivity index (χ2v) is 10.2. The second-order valence-electron chi connectivity index (χ2n) is 10.2. The number of carbonyl (C=O) groups is 2. The average molecular weight is 498 g/mol. The predicted octanol–water partition coefficient (Wildman–Crippen LogP) is 4.50. The quantitative estimate of drug-likeness (QED) is 0.424. The van der Waals surface area contributed by atoms with Crippen molar-refractivity contribution in [1.82, 2.24) is 20.2 Å². The zero-order chi connectivity index (χ0) is 25.4. The van der Waals surface area contributed by atoms with Crippen LogP contribution in [-0.2, 0) is 17.6 Å². The average Bonchev–Trinajstić information content (AvgIpc) is 3.64. The number of hydrogen-bond acceptors (Lipinski definition) is 6. The molecule has 4 N–H and O–H groups in total. The van der Waals surface area contributed by atoms with Gasteiger partial charge in [-0.25, -0.2) is 9.78 Å². The first kappa shape index (κ1) is 23.3. The number of amides is 3. The topological polar surface area (TPSA) is 111 Å². The Morgan fingerprint density at radius 1 is 1.03 bits per heavy atom. The van der Waals surface area contributed by atoms with E-state index in [2.05, 4.69) is 49.4 Å². The van der Waals surface area contributed by atoms with E-state index in [4.69, 9.17) is 0 Å². The molecule has 3 aliphatic rings. The van der Waals surface area contributed by atoms with Crippen LogP contribution in [0, 0.1) is 12.8 Å². The molecule has 1 saturated heterocycles. The standard InChI is InChI=1S/C28H31N7O2/c1-17-15-29-27-31-21-4-2-3-18(13-21)5-6-20-14-22(30-25(17)34-27)9-10-24(20)33-28(37)32-23-11-12-35(16-23)26(36)19-7-8-19/h2-4,9-10,13-15,19,23H,5-8,11-12,16H2,1H3,(H2,32,33,37)(H2,29,30,31,34)/t23-/m0/s1. The molecule has 3 amide bonds. The molecule has 3 heterocycles. The van der Waals surface area contributed by atoms with Gasteiger partial charge in [0.2, 0.25) is 11.9 Å². The maximum absolute atomic E-state index is 12.9. The molecule has 0 unspecified atom stereocenters. The molecule has 6 rings (SSSR count). The Balaban J connectivity index is 1.21. The van der Waals surface area contributed by atoms with Crippen molar-refractivity contribution in [3.8, 4) is 0 Å². The number of likely N-dealkylation sites (tertiary alicyclic amines) is 1. The number of carbonyl (C=O) groups excluding carboxylic acids is 2. The number of aryl methyl sites for hydroxylation is 3. The third-order valence-corrected chi connectivity index (χ3v) is 7.22. The lowest BCUT2D eigenvalue weighted by molar-refractivity contribution is -0.131. The lowest BCUT2D eigenvalue weighted by atomic mass is 10.0. The largest absolute Gasteiger partial charge is 0.340 e. The second kappa shape index (κ2) is 9.72. The van der Waals surface area contributed by atoms with Gasteiger partial charge in [0.25, 0.3) is 0 Å². The molecule has 2 fully saturated rings. The number of benzene rings is 2. The van der Waals surface area contributed by atoms with Crippen molar-refractivity contribution >= 4 is 40.8 Å². The smallest absolute Gasteiger partial charge is 0.319 e.